The number of nitrogens with zero attached hydrogens (tertiary/aromatic N) is 3. The summed E-state index contributed by atoms with van der Waals surface area (Å²) in [7, 11) is 2.76. The average Bonchev–Trinajstić information content (AvgIpc) is 3.00. The average molecular weight is 324 g/mol. The van der Waals surface area contributed by atoms with Gasteiger partial charge in [-0.25, -0.2) is 4.79 Å². The van der Waals surface area contributed by atoms with Gasteiger partial charge in [0.15, 0.2) is 0 Å². The molecule has 0 aliphatic heterocycles. The molecular formula is C13H16N4O4S. The van der Waals surface area contributed by atoms with Crippen molar-refractivity contribution in [3.05, 3.63) is 58.9 Å². The fourth-order valence-corrected chi connectivity index (χ4v) is 3.32. The maximum atomic E-state index is 12.5. The summed E-state index contributed by atoms with van der Waals surface area (Å²) in [6.45, 7) is 1.42. The van der Waals surface area contributed by atoms with Gasteiger partial charge in [0, 0.05) is 30.8 Å². The van der Waals surface area contributed by atoms with E-state index in [4.69, 9.17) is 5.73 Å². The third-order valence-electron chi connectivity index (χ3n) is 3.72. The topological polar surface area (TPSA) is 113 Å². The molecule has 2 aromatic heterocycles. The monoisotopic (exact) mass is 324 g/mol. The molecule has 0 saturated heterocycles. The van der Waals surface area contributed by atoms with Crippen LogP contribution in [0.25, 0.3) is 0 Å². The first kappa shape index (κ1) is 16.0. The summed E-state index contributed by atoms with van der Waals surface area (Å²) < 4.78 is 2.04. The van der Waals surface area contributed by atoms with Crippen LogP contribution in [0, 0.1) is 10.1 Å². The van der Waals surface area contributed by atoms with E-state index in [0.29, 0.717) is 4.88 Å². The van der Waals surface area contributed by atoms with Crippen LogP contribution in [0.1, 0.15) is 23.3 Å². The van der Waals surface area contributed by atoms with Crippen LogP contribution in [0.5, 0.6) is 0 Å². The Balaban J connectivity index is 2.82. The molecule has 0 fully saturated rings. The predicted molar refractivity (Wildman–Crippen MR) is 84.0 cm³/mol. The first-order chi connectivity index (χ1) is 10.3. The highest BCUT2D eigenvalue weighted by Gasteiger charge is 2.35. The number of aromatic nitrogens is 2. The Morgan fingerprint density at radius 2 is 1.95 bits per heavy atom. The SMILES string of the molecule is C[C@@H]([C@@H](c1cccs1)c1c(N)n(C)c(=O)n(C)c1=O)[N+](=O)[O-]. The van der Waals surface area contributed by atoms with E-state index < -0.39 is 28.1 Å². The van der Waals surface area contributed by atoms with Crippen LogP contribution in [-0.2, 0) is 14.1 Å². The van der Waals surface area contributed by atoms with Gasteiger partial charge >= 0.3 is 5.69 Å². The van der Waals surface area contributed by atoms with Crippen molar-refractivity contribution in [3.8, 4) is 0 Å². The first-order valence-electron chi connectivity index (χ1n) is 6.49. The van der Waals surface area contributed by atoms with Gasteiger partial charge in [-0.3, -0.25) is 24.0 Å². The van der Waals surface area contributed by atoms with Crippen molar-refractivity contribution < 1.29 is 4.92 Å². The van der Waals surface area contributed by atoms with Crippen molar-refractivity contribution in [1.82, 2.24) is 9.13 Å². The number of anilines is 1. The van der Waals surface area contributed by atoms with Crippen LogP contribution in [0.15, 0.2) is 27.1 Å². The minimum Gasteiger partial charge on any atom is -0.385 e. The van der Waals surface area contributed by atoms with Crippen LogP contribution in [0.4, 0.5) is 5.82 Å². The summed E-state index contributed by atoms with van der Waals surface area (Å²) in [5.41, 5.74) is 4.84. The first-order valence-corrected chi connectivity index (χ1v) is 7.37. The molecule has 0 aliphatic carbocycles. The molecule has 2 atom stereocenters. The molecule has 2 N–H and O–H groups in total. The molecule has 2 aromatic rings. The van der Waals surface area contributed by atoms with Crippen LogP contribution < -0.4 is 17.0 Å². The lowest BCUT2D eigenvalue weighted by atomic mass is 9.92. The molecule has 0 spiro atoms. The van der Waals surface area contributed by atoms with Gasteiger partial charge in [0.25, 0.3) is 5.56 Å². The number of hydrogen-bond acceptors (Lipinski definition) is 6. The highest BCUT2D eigenvalue weighted by molar-refractivity contribution is 7.10. The van der Waals surface area contributed by atoms with Crippen LogP contribution in [0.3, 0.4) is 0 Å². The maximum absolute atomic E-state index is 12.5. The van der Waals surface area contributed by atoms with Gasteiger partial charge in [0.1, 0.15) is 5.82 Å². The number of hydrogen-bond donors (Lipinski definition) is 1. The second-order valence-corrected chi connectivity index (χ2v) is 6.00. The van der Waals surface area contributed by atoms with Crippen molar-refractivity contribution in [1.29, 1.82) is 0 Å². The number of nitro groups is 1. The lowest BCUT2D eigenvalue weighted by molar-refractivity contribution is -0.520. The lowest BCUT2D eigenvalue weighted by Crippen LogP contribution is -2.43. The predicted octanol–water partition coefficient (Wildman–Crippen LogP) is 0.525. The van der Waals surface area contributed by atoms with E-state index in [1.807, 2.05) is 0 Å². The van der Waals surface area contributed by atoms with Gasteiger partial charge in [-0.2, -0.15) is 0 Å². The Kier molecular flexibility index (Phi) is 4.18. The van der Waals surface area contributed by atoms with Gasteiger partial charge in [-0.05, 0) is 11.4 Å². The smallest absolute Gasteiger partial charge is 0.332 e. The molecule has 0 aromatic carbocycles. The number of thiophene rings is 1. The highest BCUT2D eigenvalue weighted by Crippen LogP contribution is 2.33. The minimum absolute atomic E-state index is 0.0415. The number of rotatable bonds is 4. The summed E-state index contributed by atoms with van der Waals surface area (Å²) in [6.07, 6.45) is 0. The number of nitrogen functional groups attached to an aromatic ring is 1. The lowest BCUT2D eigenvalue weighted by Gasteiger charge is -2.20. The molecule has 8 nitrogen and oxygen atoms in total. The van der Waals surface area contributed by atoms with Crippen molar-refractivity contribution in [2.75, 3.05) is 5.73 Å². The van der Waals surface area contributed by atoms with Crippen LogP contribution in [0.2, 0.25) is 0 Å². The Morgan fingerprint density at radius 3 is 2.45 bits per heavy atom. The summed E-state index contributed by atoms with van der Waals surface area (Å²) in [6, 6.07) is 2.42. The van der Waals surface area contributed by atoms with Crippen molar-refractivity contribution >= 4 is 17.2 Å². The molecule has 0 aliphatic rings. The van der Waals surface area contributed by atoms with Crippen LogP contribution >= 0.6 is 11.3 Å². The molecule has 22 heavy (non-hydrogen) atoms. The summed E-state index contributed by atoms with van der Waals surface area (Å²) in [4.78, 5) is 35.8. The van der Waals surface area contributed by atoms with Gasteiger partial charge in [0.05, 0.1) is 11.5 Å². The fourth-order valence-electron chi connectivity index (χ4n) is 2.39. The standard InChI is InChI=1S/C13H16N4O4S/c1-7(17(20)21)9(8-5-4-6-22-8)10-11(14)15(2)13(19)16(3)12(10)18/h4-7,9H,14H2,1-3H3/t7-,9-/m0/s1. The molecule has 118 valence electrons. The third-order valence-corrected chi connectivity index (χ3v) is 4.68. The third kappa shape index (κ3) is 2.43. The molecule has 0 saturated carbocycles. The van der Waals surface area contributed by atoms with Gasteiger partial charge in [0.2, 0.25) is 6.04 Å². The van der Waals surface area contributed by atoms with E-state index in [9.17, 15) is 19.7 Å². The minimum atomic E-state index is -1.05. The maximum Gasteiger partial charge on any atom is 0.332 e. The van der Waals surface area contributed by atoms with E-state index in [1.165, 1.54) is 32.4 Å². The molecular weight excluding hydrogens is 308 g/mol. The molecule has 2 heterocycles. The van der Waals surface area contributed by atoms with Crippen molar-refractivity contribution in [2.45, 2.75) is 18.9 Å². The van der Waals surface area contributed by atoms with Gasteiger partial charge in [-0.1, -0.05) is 6.07 Å². The van der Waals surface area contributed by atoms with Gasteiger partial charge < -0.3 is 5.73 Å². The highest BCUT2D eigenvalue weighted by atomic mass is 32.1. The second kappa shape index (κ2) is 5.76. The summed E-state index contributed by atoms with van der Waals surface area (Å²) in [5, 5.41) is 13.0. The normalized spacial score (nSPS) is 13.8. The van der Waals surface area contributed by atoms with Gasteiger partial charge in [-0.15, -0.1) is 11.3 Å². The largest absolute Gasteiger partial charge is 0.385 e. The van der Waals surface area contributed by atoms with E-state index >= 15 is 0 Å². The van der Waals surface area contributed by atoms with Crippen molar-refractivity contribution in [2.24, 2.45) is 14.1 Å². The van der Waals surface area contributed by atoms with E-state index in [2.05, 4.69) is 0 Å². The molecule has 2 rings (SSSR count). The Morgan fingerprint density at radius 1 is 1.32 bits per heavy atom. The zero-order valence-electron chi connectivity index (χ0n) is 12.3. The zero-order chi connectivity index (χ0) is 16.6. The zero-order valence-corrected chi connectivity index (χ0v) is 13.2. The number of nitrogens with two attached hydrogens (primary N) is 1. The molecule has 0 amide bonds. The Labute approximate surface area is 129 Å². The van der Waals surface area contributed by atoms with E-state index in [1.54, 1.807) is 17.5 Å². The van der Waals surface area contributed by atoms with E-state index in [0.717, 1.165) is 9.13 Å². The quantitative estimate of drug-likeness (QED) is 0.651. The Bertz CT molecular complexity index is 822. The molecule has 9 heteroatoms. The summed E-state index contributed by atoms with van der Waals surface area (Å²) in [5.74, 6) is -0.847. The van der Waals surface area contributed by atoms with Crippen molar-refractivity contribution in [3.63, 3.8) is 0 Å². The molecule has 0 bridgehead atoms. The van der Waals surface area contributed by atoms with Crippen LogP contribution in [-0.4, -0.2) is 20.1 Å². The fraction of sp³-hybridized carbons (Fsp3) is 0.385. The second-order valence-electron chi connectivity index (χ2n) is 5.02. The molecule has 0 radical (unpaired) electrons. The molecule has 0 unspecified atom stereocenters. The summed E-state index contributed by atoms with van der Waals surface area (Å²) >= 11 is 1.31. The Hall–Kier alpha value is -2.42. The van der Waals surface area contributed by atoms with E-state index in [-0.39, 0.29) is 11.4 Å².